The van der Waals surface area contributed by atoms with Crippen LogP contribution in [0.15, 0.2) is 29.3 Å². The number of halogens is 1. The molecule has 0 aliphatic carbocycles. The van der Waals surface area contributed by atoms with Crippen LogP contribution in [0.5, 0.6) is 0 Å². The predicted octanol–water partition coefficient (Wildman–Crippen LogP) is 2.00. The second kappa shape index (κ2) is 11.5. The molecule has 7 nitrogen and oxygen atoms in total. The first-order valence-electron chi connectivity index (χ1n) is 9.54. The molecule has 1 fully saturated rings. The van der Waals surface area contributed by atoms with Gasteiger partial charge in [-0.3, -0.25) is 9.89 Å². The van der Waals surface area contributed by atoms with Gasteiger partial charge in [0.2, 0.25) is 0 Å². The van der Waals surface area contributed by atoms with Crippen molar-refractivity contribution < 1.29 is 4.74 Å². The van der Waals surface area contributed by atoms with E-state index < -0.39 is 0 Å². The summed E-state index contributed by atoms with van der Waals surface area (Å²) in [6, 6.07) is 8.54. The SMILES string of the molecule is CCNC(=NCC(C)N1CCOCC1)NCCc1nc2ccccc2[nH]1.I. The smallest absolute Gasteiger partial charge is 0.191 e. The lowest BCUT2D eigenvalue weighted by molar-refractivity contribution is 0.0220. The van der Waals surface area contributed by atoms with Gasteiger partial charge in [0.25, 0.3) is 0 Å². The van der Waals surface area contributed by atoms with Crippen molar-refractivity contribution in [3.05, 3.63) is 30.1 Å². The summed E-state index contributed by atoms with van der Waals surface area (Å²) in [5, 5.41) is 6.73. The van der Waals surface area contributed by atoms with Crippen LogP contribution in [-0.4, -0.2) is 72.8 Å². The number of hydrogen-bond acceptors (Lipinski definition) is 4. The van der Waals surface area contributed by atoms with Gasteiger partial charge in [0, 0.05) is 38.6 Å². The van der Waals surface area contributed by atoms with Crippen LogP contribution in [0.1, 0.15) is 19.7 Å². The van der Waals surface area contributed by atoms with E-state index >= 15 is 0 Å². The number of guanidine groups is 1. The average Bonchev–Trinajstić information content (AvgIpc) is 3.09. The third-order valence-electron chi connectivity index (χ3n) is 4.62. The number of ether oxygens (including phenoxy) is 1. The molecule has 0 radical (unpaired) electrons. The Kier molecular flexibility index (Phi) is 9.29. The number of aromatic amines is 1. The number of aromatic nitrogens is 2. The minimum Gasteiger partial charge on any atom is -0.379 e. The van der Waals surface area contributed by atoms with E-state index in [1.807, 2.05) is 18.2 Å². The van der Waals surface area contributed by atoms with Gasteiger partial charge >= 0.3 is 0 Å². The molecule has 1 aromatic carbocycles. The fourth-order valence-electron chi connectivity index (χ4n) is 3.12. The highest BCUT2D eigenvalue weighted by Crippen LogP contribution is 2.10. The molecule has 27 heavy (non-hydrogen) atoms. The molecule has 1 unspecified atom stereocenters. The molecule has 1 aliphatic heterocycles. The quantitative estimate of drug-likeness (QED) is 0.317. The van der Waals surface area contributed by atoms with Gasteiger partial charge in [0.05, 0.1) is 30.8 Å². The highest BCUT2D eigenvalue weighted by Gasteiger charge is 2.16. The molecule has 1 atom stereocenters. The predicted molar refractivity (Wildman–Crippen MR) is 121 cm³/mol. The van der Waals surface area contributed by atoms with Crippen molar-refractivity contribution in [3.63, 3.8) is 0 Å². The van der Waals surface area contributed by atoms with Crippen molar-refractivity contribution in [2.45, 2.75) is 26.3 Å². The van der Waals surface area contributed by atoms with Gasteiger partial charge in [-0.25, -0.2) is 4.98 Å². The summed E-state index contributed by atoms with van der Waals surface area (Å²) in [7, 11) is 0. The molecule has 0 amide bonds. The number of nitrogens with one attached hydrogen (secondary N) is 3. The van der Waals surface area contributed by atoms with Crippen molar-refractivity contribution in [2.24, 2.45) is 4.99 Å². The first kappa shape index (κ1) is 21.9. The molecular weight excluding hydrogens is 455 g/mol. The summed E-state index contributed by atoms with van der Waals surface area (Å²) < 4.78 is 5.42. The maximum absolute atomic E-state index is 5.42. The molecule has 2 heterocycles. The molecule has 3 N–H and O–H groups in total. The Morgan fingerprint density at radius 1 is 1.30 bits per heavy atom. The number of H-pyrrole nitrogens is 1. The molecule has 3 rings (SSSR count). The largest absolute Gasteiger partial charge is 0.379 e. The number of morpholine rings is 1. The zero-order valence-corrected chi connectivity index (χ0v) is 18.5. The molecule has 1 aliphatic rings. The van der Waals surface area contributed by atoms with E-state index in [2.05, 4.69) is 45.4 Å². The summed E-state index contributed by atoms with van der Waals surface area (Å²) in [6.07, 6.45) is 0.831. The van der Waals surface area contributed by atoms with Crippen LogP contribution >= 0.6 is 24.0 Å². The molecule has 0 saturated carbocycles. The van der Waals surface area contributed by atoms with Gasteiger partial charge < -0.3 is 20.4 Å². The summed E-state index contributed by atoms with van der Waals surface area (Å²) in [6.45, 7) is 10.4. The third-order valence-corrected chi connectivity index (χ3v) is 4.62. The topological polar surface area (TPSA) is 77.6 Å². The van der Waals surface area contributed by atoms with Crippen LogP contribution in [0.3, 0.4) is 0 Å². The molecule has 0 spiro atoms. The van der Waals surface area contributed by atoms with Crippen LogP contribution in [-0.2, 0) is 11.2 Å². The van der Waals surface area contributed by atoms with E-state index in [4.69, 9.17) is 9.73 Å². The fourth-order valence-corrected chi connectivity index (χ4v) is 3.12. The normalized spacial score (nSPS) is 16.7. The van der Waals surface area contributed by atoms with Gasteiger partial charge in [-0.1, -0.05) is 12.1 Å². The van der Waals surface area contributed by atoms with Crippen LogP contribution in [0.25, 0.3) is 11.0 Å². The Morgan fingerprint density at radius 3 is 2.81 bits per heavy atom. The van der Waals surface area contributed by atoms with Gasteiger partial charge in [-0.2, -0.15) is 0 Å². The van der Waals surface area contributed by atoms with Crippen LogP contribution in [0.4, 0.5) is 0 Å². The number of aliphatic imine (C=N–C) groups is 1. The highest BCUT2D eigenvalue weighted by atomic mass is 127. The second-order valence-electron chi connectivity index (χ2n) is 6.59. The molecular formula is C19H31IN6O. The minimum absolute atomic E-state index is 0. The van der Waals surface area contributed by atoms with E-state index in [1.54, 1.807) is 0 Å². The number of benzene rings is 1. The molecule has 150 valence electrons. The van der Waals surface area contributed by atoms with Crippen molar-refractivity contribution in [3.8, 4) is 0 Å². The van der Waals surface area contributed by atoms with E-state index in [0.29, 0.717) is 6.04 Å². The van der Waals surface area contributed by atoms with Crippen molar-refractivity contribution >= 4 is 41.0 Å². The summed E-state index contributed by atoms with van der Waals surface area (Å²) >= 11 is 0. The second-order valence-corrected chi connectivity index (χ2v) is 6.59. The van der Waals surface area contributed by atoms with Crippen LogP contribution in [0.2, 0.25) is 0 Å². The van der Waals surface area contributed by atoms with Crippen LogP contribution in [0, 0.1) is 0 Å². The number of para-hydroxylation sites is 2. The van der Waals surface area contributed by atoms with Crippen molar-refractivity contribution in [1.29, 1.82) is 0 Å². The number of fused-ring (bicyclic) bond motifs is 1. The Bertz CT molecular complexity index is 680. The zero-order chi connectivity index (χ0) is 18.2. The maximum Gasteiger partial charge on any atom is 0.191 e. The van der Waals surface area contributed by atoms with E-state index in [0.717, 1.165) is 75.2 Å². The monoisotopic (exact) mass is 486 g/mol. The molecule has 1 saturated heterocycles. The lowest BCUT2D eigenvalue weighted by Gasteiger charge is -2.31. The number of imidazole rings is 1. The van der Waals surface area contributed by atoms with Gasteiger partial charge in [0.15, 0.2) is 5.96 Å². The van der Waals surface area contributed by atoms with Crippen molar-refractivity contribution in [1.82, 2.24) is 25.5 Å². The van der Waals surface area contributed by atoms with Crippen molar-refractivity contribution in [2.75, 3.05) is 45.9 Å². The number of rotatable bonds is 7. The van der Waals surface area contributed by atoms with E-state index in [9.17, 15) is 0 Å². The standard InChI is InChI=1S/C19H30N6O.HI/c1-3-20-19(22-14-15(2)25-10-12-26-13-11-25)21-9-8-18-23-16-6-4-5-7-17(16)24-18;/h4-7,15H,3,8-14H2,1-2H3,(H,23,24)(H2,20,21,22);1H. The summed E-state index contributed by atoms with van der Waals surface area (Å²) in [5.41, 5.74) is 2.10. The van der Waals surface area contributed by atoms with E-state index in [1.165, 1.54) is 0 Å². The Balaban J connectivity index is 0.00000261. The fraction of sp³-hybridized carbons (Fsp3) is 0.579. The first-order chi connectivity index (χ1) is 12.8. The third kappa shape index (κ3) is 6.62. The first-order valence-corrected chi connectivity index (χ1v) is 9.54. The van der Waals surface area contributed by atoms with Gasteiger partial charge in [-0.05, 0) is 26.0 Å². The number of hydrogen-bond donors (Lipinski definition) is 3. The molecule has 0 bridgehead atoms. The van der Waals surface area contributed by atoms with E-state index in [-0.39, 0.29) is 24.0 Å². The van der Waals surface area contributed by atoms with Gasteiger partial charge in [-0.15, -0.1) is 24.0 Å². The number of nitrogens with zero attached hydrogens (tertiary/aromatic N) is 3. The Hall–Kier alpha value is -1.39. The molecule has 1 aromatic heterocycles. The van der Waals surface area contributed by atoms with Gasteiger partial charge in [0.1, 0.15) is 5.82 Å². The minimum atomic E-state index is 0. The zero-order valence-electron chi connectivity index (χ0n) is 16.2. The molecule has 2 aromatic rings. The highest BCUT2D eigenvalue weighted by molar-refractivity contribution is 14.0. The lowest BCUT2D eigenvalue weighted by Crippen LogP contribution is -2.44. The summed E-state index contributed by atoms with van der Waals surface area (Å²) in [4.78, 5) is 15.2. The Morgan fingerprint density at radius 2 is 2.07 bits per heavy atom. The summed E-state index contributed by atoms with van der Waals surface area (Å²) in [5.74, 6) is 1.86. The maximum atomic E-state index is 5.42. The Labute approximate surface area is 178 Å². The van der Waals surface area contributed by atoms with Crippen LogP contribution < -0.4 is 10.6 Å². The lowest BCUT2D eigenvalue weighted by atomic mass is 10.2. The average molecular weight is 486 g/mol. The molecule has 8 heteroatoms.